The molecule has 1 saturated heterocycles. The number of rotatable bonds is 4. The number of hydrogen-bond donors (Lipinski definition) is 2. The molecule has 0 amide bonds. The second kappa shape index (κ2) is 4.97. The van der Waals surface area contributed by atoms with E-state index in [-0.39, 0.29) is 0 Å². The molecule has 0 aliphatic carbocycles. The summed E-state index contributed by atoms with van der Waals surface area (Å²) in [6, 6.07) is 0. The van der Waals surface area contributed by atoms with E-state index in [0.29, 0.717) is 11.8 Å². The molecule has 0 radical (unpaired) electrons. The molecule has 0 saturated carbocycles. The molecule has 2 atom stereocenters. The van der Waals surface area contributed by atoms with Crippen molar-refractivity contribution in [3.8, 4) is 0 Å². The molecular formula is C12H22N4. The molecule has 4 heteroatoms. The molecule has 1 aromatic heterocycles. The Hall–Kier alpha value is -0.870. The van der Waals surface area contributed by atoms with Gasteiger partial charge in [-0.2, -0.15) is 0 Å². The molecule has 3 N–H and O–H groups in total. The number of nitrogens with two attached hydrogens (primary N) is 1. The Balaban J connectivity index is 2.01. The quantitative estimate of drug-likeness (QED) is 0.807. The number of imidazole rings is 1. The van der Waals surface area contributed by atoms with E-state index in [1.54, 1.807) is 0 Å². The van der Waals surface area contributed by atoms with Crippen LogP contribution in [0.5, 0.6) is 0 Å². The summed E-state index contributed by atoms with van der Waals surface area (Å²) in [5, 5.41) is 0. The SMILES string of the molecule is CC(CCN)c1ncc(C2CCN(C)C2)[nH]1. The third-order valence-corrected chi connectivity index (χ3v) is 3.51. The Bertz CT molecular complexity index is 334. The van der Waals surface area contributed by atoms with Crippen molar-refractivity contribution in [2.24, 2.45) is 5.73 Å². The van der Waals surface area contributed by atoms with Gasteiger partial charge in [0.2, 0.25) is 0 Å². The smallest absolute Gasteiger partial charge is 0.109 e. The van der Waals surface area contributed by atoms with Gasteiger partial charge in [-0.1, -0.05) is 6.92 Å². The molecule has 0 aromatic carbocycles. The predicted octanol–water partition coefficient (Wildman–Crippen LogP) is 1.28. The fraction of sp³-hybridized carbons (Fsp3) is 0.750. The summed E-state index contributed by atoms with van der Waals surface area (Å²) < 4.78 is 0. The summed E-state index contributed by atoms with van der Waals surface area (Å²) in [5.41, 5.74) is 6.86. The van der Waals surface area contributed by atoms with Crippen LogP contribution in [0, 0.1) is 0 Å². The molecule has 1 fully saturated rings. The average Bonchev–Trinajstić information content (AvgIpc) is 2.85. The van der Waals surface area contributed by atoms with Gasteiger partial charge in [0.15, 0.2) is 0 Å². The molecule has 2 unspecified atom stereocenters. The number of aromatic amines is 1. The molecule has 0 spiro atoms. The van der Waals surface area contributed by atoms with Gasteiger partial charge in [0.1, 0.15) is 5.82 Å². The van der Waals surface area contributed by atoms with Gasteiger partial charge in [-0.15, -0.1) is 0 Å². The first-order chi connectivity index (χ1) is 7.70. The first kappa shape index (κ1) is 11.6. The lowest BCUT2D eigenvalue weighted by atomic mass is 10.1. The lowest BCUT2D eigenvalue weighted by molar-refractivity contribution is 0.411. The number of likely N-dealkylation sites (tertiary alicyclic amines) is 1. The average molecular weight is 222 g/mol. The summed E-state index contributed by atoms with van der Waals surface area (Å²) in [7, 11) is 2.17. The molecule has 1 aliphatic heterocycles. The van der Waals surface area contributed by atoms with E-state index in [4.69, 9.17) is 5.73 Å². The van der Waals surface area contributed by atoms with Crippen molar-refractivity contribution in [1.29, 1.82) is 0 Å². The van der Waals surface area contributed by atoms with Crippen molar-refractivity contribution in [1.82, 2.24) is 14.9 Å². The van der Waals surface area contributed by atoms with E-state index in [1.165, 1.54) is 18.7 Å². The van der Waals surface area contributed by atoms with E-state index in [0.717, 1.165) is 25.3 Å². The first-order valence-electron chi connectivity index (χ1n) is 6.14. The fourth-order valence-electron chi connectivity index (χ4n) is 2.39. The topological polar surface area (TPSA) is 57.9 Å². The Morgan fingerprint density at radius 1 is 1.69 bits per heavy atom. The molecule has 0 bridgehead atoms. The summed E-state index contributed by atoms with van der Waals surface area (Å²) in [6.07, 6.45) is 4.24. The zero-order valence-electron chi connectivity index (χ0n) is 10.2. The fourth-order valence-corrected chi connectivity index (χ4v) is 2.39. The molecule has 1 aliphatic rings. The van der Waals surface area contributed by atoms with Gasteiger partial charge in [0.05, 0.1) is 0 Å². The zero-order chi connectivity index (χ0) is 11.5. The van der Waals surface area contributed by atoms with Crippen molar-refractivity contribution in [3.63, 3.8) is 0 Å². The van der Waals surface area contributed by atoms with Crippen molar-refractivity contribution < 1.29 is 0 Å². The van der Waals surface area contributed by atoms with E-state index in [1.807, 2.05) is 6.20 Å². The highest BCUT2D eigenvalue weighted by Gasteiger charge is 2.23. The first-order valence-corrected chi connectivity index (χ1v) is 6.14. The van der Waals surface area contributed by atoms with Gasteiger partial charge in [-0.3, -0.25) is 0 Å². The van der Waals surface area contributed by atoms with Crippen LogP contribution in [-0.2, 0) is 0 Å². The van der Waals surface area contributed by atoms with Crippen molar-refractivity contribution in [2.45, 2.75) is 31.6 Å². The normalized spacial score (nSPS) is 23.8. The maximum absolute atomic E-state index is 5.57. The standard InChI is InChI=1S/C12H22N4/c1-9(3-5-13)12-14-7-11(15-12)10-4-6-16(2)8-10/h7,9-10H,3-6,8,13H2,1-2H3,(H,14,15). The highest BCUT2D eigenvalue weighted by Crippen LogP contribution is 2.26. The monoisotopic (exact) mass is 222 g/mol. The minimum atomic E-state index is 0.442. The number of nitrogens with one attached hydrogen (secondary N) is 1. The van der Waals surface area contributed by atoms with Gasteiger partial charge in [-0.25, -0.2) is 4.98 Å². The van der Waals surface area contributed by atoms with Gasteiger partial charge < -0.3 is 15.6 Å². The second-order valence-corrected chi connectivity index (χ2v) is 4.95. The number of H-pyrrole nitrogens is 1. The number of hydrogen-bond acceptors (Lipinski definition) is 3. The van der Waals surface area contributed by atoms with Crippen LogP contribution in [0.25, 0.3) is 0 Å². The lowest BCUT2D eigenvalue weighted by Crippen LogP contribution is -2.13. The van der Waals surface area contributed by atoms with Gasteiger partial charge in [0.25, 0.3) is 0 Å². The molecule has 90 valence electrons. The predicted molar refractivity (Wildman–Crippen MR) is 65.5 cm³/mol. The van der Waals surface area contributed by atoms with Crippen LogP contribution in [0.4, 0.5) is 0 Å². The van der Waals surface area contributed by atoms with Gasteiger partial charge in [-0.05, 0) is 33.0 Å². The van der Waals surface area contributed by atoms with E-state index in [9.17, 15) is 0 Å². The minimum absolute atomic E-state index is 0.442. The van der Waals surface area contributed by atoms with Crippen LogP contribution in [-0.4, -0.2) is 41.5 Å². The van der Waals surface area contributed by atoms with Crippen LogP contribution in [0.15, 0.2) is 6.20 Å². The third-order valence-electron chi connectivity index (χ3n) is 3.51. The van der Waals surface area contributed by atoms with Crippen molar-refractivity contribution >= 4 is 0 Å². The van der Waals surface area contributed by atoms with E-state index in [2.05, 4.69) is 28.8 Å². The number of nitrogens with zero attached hydrogens (tertiary/aromatic N) is 2. The van der Waals surface area contributed by atoms with Crippen LogP contribution in [0.3, 0.4) is 0 Å². The van der Waals surface area contributed by atoms with Gasteiger partial charge in [0, 0.05) is 30.3 Å². The maximum atomic E-state index is 5.57. The molecular weight excluding hydrogens is 200 g/mol. The second-order valence-electron chi connectivity index (χ2n) is 4.95. The Morgan fingerprint density at radius 3 is 3.12 bits per heavy atom. The summed E-state index contributed by atoms with van der Waals surface area (Å²) in [4.78, 5) is 10.3. The molecule has 4 nitrogen and oxygen atoms in total. The zero-order valence-corrected chi connectivity index (χ0v) is 10.2. The molecule has 2 heterocycles. The van der Waals surface area contributed by atoms with Crippen LogP contribution in [0.1, 0.15) is 43.1 Å². The van der Waals surface area contributed by atoms with E-state index >= 15 is 0 Å². The minimum Gasteiger partial charge on any atom is -0.345 e. The number of likely N-dealkylation sites (N-methyl/N-ethyl adjacent to an activating group) is 1. The maximum Gasteiger partial charge on any atom is 0.109 e. The molecule has 2 rings (SSSR count). The van der Waals surface area contributed by atoms with Crippen molar-refractivity contribution in [3.05, 3.63) is 17.7 Å². The highest BCUT2D eigenvalue weighted by atomic mass is 15.1. The Kier molecular flexibility index (Phi) is 3.61. The van der Waals surface area contributed by atoms with Gasteiger partial charge >= 0.3 is 0 Å². The van der Waals surface area contributed by atoms with Crippen LogP contribution < -0.4 is 5.73 Å². The molecule has 1 aromatic rings. The summed E-state index contributed by atoms with van der Waals surface area (Å²) >= 11 is 0. The summed E-state index contributed by atoms with van der Waals surface area (Å²) in [5.74, 6) is 2.17. The number of aromatic nitrogens is 2. The third kappa shape index (κ3) is 2.44. The van der Waals surface area contributed by atoms with Crippen molar-refractivity contribution in [2.75, 3.05) is 26.7 Å². The Morgan fingerprint density at radius 2 is 2.50 bits per heavy atom. The highest BCUT2D eigenvalue weighted by molar-refractivity contribution is 5.12. The Labute approximate surface area is 97.2 Å². The molecule has 16 heavy (non-hydrogen) atoms. The van der Waals surface area contributed by atoms with E-state index < -0.39 is 0 Å². The largest absolute Gasteiger partial charge is 0.345 e. The van der Waals surface area contributed by atoms with Crippen LogP contribution >= 0.6 is 0 Å². The summed E-state index contributed by atoms with van der Waals surface area (Å²) in [6.45, 7) is 5.24. The van der Waals surface area contributed by atoms with Crippen LogP contribution in [0.2, 0.25) is 0 Å². The lowest BCUT2D eigenvalue weighted by Gasteiger charge is -2.09.